The summed E-state index contributed by atoms with van der Waals surface area (Å²) in [6.07, 6.45) is 0.120. The molecule has 0 fully saturated rings. The van der Waals surface area contributed by atoms with Crippen molar-refractivity contribution in [3.05, 3.63) is 0 Å². The first-order chi connectivity index (χ1) is 5.41. The van der Waals surface area contributed by atoms with Crippen LogP contribution >= 0.6 is 0 Å². The van der Waals surface area contributed by atoms with Gasteiger partial charge in [-0.2, -0.15) is 0 Å². The second-order valence-corrected chi connectivity index (χ2v) is 2.80. The molecule has 0 aromatic carbocycles. The molecule has 1 unspecified atom stereocenters. The van der Waals surface area contributed by atoms with E-state index >= 15 is 0 Å². The lowest BCUT2D eigenvalue weighted by molar-refractivity contribution is -0.138. The average Bonchev–Trinajstić information content (AvgIpc) is 1.86. The van der Waals surface area contributed by atoms with Crippen molar-refractivity contribution in [2.45, 2.75) is 12.5 Å². The maximum absolute atomic E-state index is 9.85. The Labute approximate surface area is 72.8 Å². The molecule has 0 heterocycles. The van der Waals surface area contributed by atoms with Crippen molar-refractivity contribution in [1.82, 2.24) is 4.90 Å². The van der Waals surface area contributed by atoms with Gasteiger partial charge >= 0.3 is 5.97 Å². The highest BCUT2D eigenvalue weighted by atomic mass is 16.4. The van der Waals surface area contributed by atoms with Gasteiger partial charge in [-0.05, 0) is 27.6 Å². The van der Waals surface area contributed by atoms with E-state index in [4.69, 9.17) is 15.9 Å². The predicted molar refractivity (Wildman–Crippen MR) is 46.9 cm³/mol. The summed E-state index contributed by atoms with van der Waals surface area (Å²) in [7, 11) is 6.00. The number of hydrogen-bond acceptors (Lipinski definition) is 4. The lowest BCUT2D eigenvalue weighted by atomic mass is 10.2. The number of rotatable bonds is 3. The van der Waals surface area contributed by atoms with Crippen LogP contribution in [-0.4, -0.2) is 54.9 Å². The number of carboxylic acid groups (broad SMARTS) is 1. The SMILES string of the molecule is CN(C)C.NC(CCO)C(=O)O. The summed E-state index contributed by atoms with van der Waals surface area (Å²) in [5, 5.41) is 16.2. The summed E-state index contributed by atoms with van der Waals surface area (Å²) in [5.41, 5.74) is 4.97. The Morgan fingerprint density at radius 1 is 1.50 bits per heavy atom. The van der Waals surface area contributed by atoms with Gasteiger partial charge in [0.15, 0.2) is 0 Å². The molecule has 5 heteroatoms. The van der Waals surface area contributed by atoms with Gasteiger partial charge in [0.1, 0.15) is 6.04 Å². The van der Waals surface area contributed by atoms with Gasteiger partial charge in [-0.25, -0.2) is 0 Å². The van der Waals surface area contributed by atoms with Gasteiger partial charge in [0, 0.05) is 6.61 Å². The number of carboxylic acids is 1. The van der Waals surface area contributed by atoms with E-state index in [2.05, 4.69) is 0 Å². The summed E-state index contributed by atoms with van der Waals surface area (Å²) in [6.45, 7) is -0.173. The third-order valence-corrected chi connectivity index (χ3v) is 0.757. The van der Waals surface area contributed by atoms with Crippen LogP contribution < -0.4 is 5.73 Å². The molecule has 1 atom stereocenters. The van der Waals surface area contributed by atoms with E-state index in [1.807, 2.05) is 26.0 Å². The summed E-state index contributed by atoms with van der Waals surface area (Å²) in [5.74, 6) is -1.07. The van der Waals surface area contributed by atoms with E-state index in [0.717, 1.165) is 0 Å². The molecule has 4 N–H and O–H groups in total. The van der Waals surface area contributed by atoms with Crippen LogP contribution in [0.3, 0.4) is 0 Å². The molecule has 0 amide bonds. The molecule has 0 aliphatic rings. The standard InChI is InChI=1S/C4H9NO3.C3H9N/c5-3(1-2-6)4(7)8;1-4(2)3/h3,6H,1-2,5H2,(H,7,8);1-3H3. The molecule has 0 bridgehead atoms. The zero-order valence-electron chi connectivity index (χ0n) is 7.82. The smallest absolute Gasteiger partial charge is 0.320 e. The molecule has 0 rings (SSSR count). The predicted octanol–water partition coefficient (Wildman–Crippen LogP) is -1.04. The Morgan fingerprint density at radius 3 is 1.92 bits per heavy atom. The van der Waals surface area contributed by atoms with Crippen molar-refractivity contribution in [3.63, 3.8) is 0 Å². The number of aliphatic carboxylic acids is 1. The number of nitrogens with zero attached hydrogens (tertiary/aromatic N) is 1. The Kier molecular flexibility index (Phi) is 9.79. The molecule has 12 heavy (non-hydrogen) atoms. The molecular weight excluding hydrogens is 160 g/mol. The van der Waals surface area contributed by atoms with E-state index < -0.39 is 12.0 Å². The molecule has 0 aliphatic carbocycles. The zero-order chi connectivity index (χ0) is 10.1. The molecule has 0 radical (unpaired) electrons. The van der Waals surface area contributed by atoms with Crippen LogP contribution in [0.2, 0.25) is 0 Å². The minimum Gasteiger partial charge on any atom is -0.480 e. The Hall–Kier alpha value is -0.650. The van der Waals surface area contributed by atoms with Crippen molar-refractivity contribution in [2.24, 2.45) is 5.73 Å². The van der Waals surface area contributed by atoms with Crippen molar-refractivity contribution >= 4 is 5.97 Å². The molecule has 0 spiro atoms. The van der Waals surface area contributed by atoms with Crippen LogP contribution in [0, 0.1) is 0 Å². The van der Waals surface area contributed by atoms with Gasteiger partial charge in [-0.1, -0.05) is 0 Å². The Morgan fingerprint density at radius 2 is 1.83 bits per heavy atom. The molecule has 0 aromatic heterocycles. The second-order valence-electron chi connectivity index (χ2n) is 2.80. The molecule has 0 aliphatic heterocycles. The third kappa shape index (κ3) is 16.2. The van der Waals surface area contributed by atoms with Crippen LogP contribution in [0.15, 0.2) is 0 Å². The summed E-state index contributed by atoms with van der Waals surface area (Å²) >= 11 is 0. The normalized spacial score (nSPS) is 11.8. The van der Waals surface area contributed by atoms with E-state index in [1.165, 1.54) is 0 Å². The average molecular weight is 178 g/mol. The van der Waals surface area contributed by atoms with E-state index in [9.17, 15) is 4.79 Å². The van der Waals surface area contributed by atoms with Crippen LogP contribution in [-0.2, 0) is 4.79 Å². The highest BCUT2D eigenvalue weighted by Gasteiger charge is 2.08. The maximum atomic E-state index is 9.85. The lowest BCUT2D eigenvalue weighted by Gasteiger charge is -2.00. The fourth-order valence-electron chi connectivity index (χ4n) is 0.263. The van der Waals surface area contributed by atoms with Gasteiger partial charge in [0.25, 0.3) is 0 Å². The minimum atomic E-state index is -1.07. The van der Waals surface area contributed by atoms with Crippen molar-refractivity contribution < 1.29 is 15.0 Å². The van der Waals surface area contributed by atoms with E-state index in [1.54, 1.807) is 0 Å². The third-order valence-electron chi connectivity index (χ3n) is 0.757. The second kappa shape index (κ2) is 8.45. The largest absolute Gasteiger partial charge is 0.480 e. The molecule has 0 saturated heterocycles. The van der Waals surface area contributed by atoms with Crippen LogP contribution in [0.25, 0.3) is 0 Å². The number of aliphatic hydroxyl groups excluding tert-OH is 1. The van der Waals surface area contributed by atoms with Gasteiger partial charge in [-0.15, -0.1) is 0 Å². The van der Waals surface area contributed by atoms with Crippen molar-refractivity contribution in [3.8, 4) is 0 Å². The van der Waals surface area contributed by atoms with Crippen LogP contribution in [0.1, 0.15) is 6.42 Å². The zero-order valence-corrected chi connectivity index (χ0v) is 7.82. The van der Waals surface area contributed by atoms with Gasteiger partial charge in [-0.3, -0.25) is 4.79 Å². The molecule has 74 valence electrons. The van der Waals surface area contributed by atoms with Gasteiger partial charge in [0.2, 0.25) is 0 Å². The molecular formula is C7H18N2O3. The number of carbonyl (C=O) groups is 1. The van der Waals surface area contributed by atoms with Crippen molar-refractivity contribution in [1.29, 1.82) is 0 Å². The minimum absolute atomic E-state index is 0.120. The number of nitrogens with two attached hydrogens (primary N) is 1. The van der Waals surface area contributed by atoms with Crippen LogP contribution in [0.5, 0.6) is 0 Å². The Bertz CT molecular complexity index is 114. The highest BCUT2D eigenvalue weighted by Crippen LogP contribution is 1.83. The molecule has 0 saturated carbocycles. The fourth-order valence-corrected chi connectivity index (χ4v) is 0.263. The first-order valence-electron chi connectivity index (χ1n) is 3.62. The van der Waals surface area contributed by atoms with Gasteiger partial charge in [0.05, 0.1) is 0 Å². The maximum Gasteiger partial charge on any atom is 0.320 e. The lowest BCUT2D eigenvalue weighted by Crippen LogP contribution is -2.30. The number of hydrogen-bond donors (Lipinski definition) is 3. The Balaban J connectivity index is 0. The first kappa shape index (κ1) is 13.9. The first-order valence-corrected chi connectivity index (χ1v) is 3.62. The summed E-state index contributed by atoms with van der Waals surface area (Å²) in [4.78, 5) is 11.9. The molecule has 5 nitrogen and oxygen atoms in total. The quantitative estimate of drug-likeness (QED) is 0.514. The van der Waals surface area contributed by atoms with E-state index in [-0.39, 0.29) is 13.0 Å². The number of aliphatic hydroxyl groups is 1. The van der Waals surface area contributed by atoms with Crippen molar-refractivity contribution in [2.75, 3.05) is 27.7 Å². The molecule has 0 aromatic rings. The highest BCUT2D eigenvalue weighted by molar-refractivity contribution is 5.72. The van der Waals surface area contributed by atoms with Crippen LogP contribution in [0.4, 0.5) is 0 Å². The fraction of sp³-hybridized carbons (Fsp3) is 0.857. The van der Waals surface area contributed by atoms with E-state index in [0.29, 0.717) is 0 Å². The topological polar surface area (TPSA) is 86.8 Å². The van der Waals surface area contributed by atoms with Gasteiger partial charge < -0.3 is 20.8 Å². The summed E-state index contributed by atoms with van der Waals surface area (Å²) < 4.78 is 0. The monoisotopic (exact) mass is 178 g/mol. The summed E-state index contributed by atoms with van der Waals surface area (Å²) in [6, 6.07) is -0.917.